The van der Waals surface area contributed by atoms with E-state index in [0.29, 0.717) is 18.4 Å². The molecule has 40 heavy (non-hydrogen) atoms. The van der Waals surface area contributed by atoms with Gasteiger partial charge in [-0.15, -0.1) is 18.3 Å². The first-order chi connectivity index (χ1) is 19.4. The molecule has 3 unspecified atom stereocenters. The highest BCUT2D eigenvalue weighted by molar-refractivity contribution is 9.09. The largest absolute Gasteiger partial charge is 0.465 e. The molecule has 214 valence electrons. The number of carbonyl (C=O) groups excluding carboxylic acids is 3. The fraction of sp³-hybridized carbons (Fsp3) is 0.536. The summed E-state index contributed by atoms with van der Waals surface area (Å²) in [5.74, 6) is -2.99. The van der Waals surface area contributed by atoms with Crippen molar-refractivity contribution < 1.29 is 29.0 Å². The number of ether oxygens (including phenoxy) is 2. The molecule has 2 aromatic rings. The second-order valence-electron chi connectivity index (χ2n) is 10.4. The van der Waals surface area contributed by atoms with Gasteiger partial charge in [0.15, 0.2) is 0 Å². The number of unbranched alkanes of at least 4 members (excludes halogenated alkanes) is 2. The fourth-order valence-electron chi connectivity index (χ4n) is 6.42. The number of hydrogen-bond donors (Lipinski definition) is 1. The molecule has 5 rings (SSSR count). The first kappa shape index (κ1) is 28.4. The number of β-amino-alcohol motifs (C(OH)–C–C–N with tert-alkyl or cyclic N) is 1. The number of hydrogen-bond acceptors (Lipinski definition) is 8. The van der Waals surface area contributed by atoms with Gasteiger partial charge >= 0.3 is 5.97 Å². The van der Waals surface area contributed by atoms with E-state index in [0.717, 1.165) is 18.4 Å². The van der Waals surface area contributed by atoms with Gasteiger partial charge in [-0.05, 0) is 37.8 Å². The second-order valence-corrected chi connectivity index (χ2v) is 11.6. The maximum Gasteiger partial charge on any atom is 0.312 e. The number of aliphatic hydroxyl groups is 1. The molecule has 4 heterocycles. The molecule has 0 radical (unpaired) electrons. The van der Waals surface area contributed by atoms with Gasteiger partial charge in [-0.25, -0.2) is 4.68 Å². The summed E-state index contributed by atoms with van der Waals surface area (Å²) in [7, 11) is 0. The molecule has 1 aromatic carbocycles. The summed E-state index contributed by atoms with van der Waals surface area (Å²) in [6.07, 6.45) is 5.53. The third-order valence-corrected chi connectivity index (χ3v) is 8.91. The summed E-state index contributed by atoms with van der Waals surface area (Å²) in [6, 6.07) is 6.38. The summed E-state index contributed by atoms with van der Waals surface area (Å²) in [6.45, 7) is 7.60. The molecule has 12 heteroatoms. The van der Waals surface area contributed by atoms with Crippen molar-refractivity contribution in [2.45, 2.75) is 54.9 Å². The van der Waals surface area contributed by atoms with Crippen molar-refractivity contribution in [1.29, 1.82) is 0 Å². The molecule has 1 spiro atoms. The zero-order valence-corrected chi connectivity index (χ0v) is 23.8. The average molecular weight is 617 g/mol. The van der Waals surface area contributed by atoms with Crippen LogP contribution in [0.3, 0.4) is 0 Å². The van der Waals surface area contributed by atoms with Crippen LogP contribution in [0.4, 0.5) is 0 Å². The van der Waals surface area contributed by atoms with Gasteiger partial charge in [0.05, 0.1) is 36.7 Å². The molecule has 6 atom stereocenters. The molecule has 3 fully saturated rings. The molecule has 1 aromatic heterocycles. The number of allylic oxidation sites excluding steroid dienone is 1. The Morgan fingerprint density at radius 1 is 1.27 bits per heavy atom. The molecule has 3 aliphatic heterocycles. The minimum absolute atomic E-state index is 0.0635. The zero-order chi connectivity index (χ0) is 28.4. The van der Waals surface area contributed by atoms with E-state index in [-0.39, 0.29) is 49.6 Å². The number of fused-ring (bicyclic) bond motifs is 2. The molecule has 3 aliphatic rings. The Hall–Kier alpha value is -3.09. The number of aromatic nitrogens is 3. The molecular weight excluding hydrogens is 582 g/mol. The molecule has 0 saturated carbocycles. The number of carbonyl (C=O) groups is 3. The molecule has 11 nitrogen and oxygen atoms in total. The lowest BCUT2D eigenvalue weighted by molar-refractivity contribution is -0.155. The van der Waals surface area contributed by atoms with Gasteiger partial charge in [0, 0.05) is 17.9 Å². The van der Waals surface area contributed by atoms with Crippen molar-refractivity contribution in [2.75, 3.05) is 26.3 Å². The number of benzene rings is 1. The predicted octanol–water partition coefficient (Wildman–Crippen LogP) is 2.04. The van der Waals surface area contributed by atoms with Gasteiger partial charge in [-0.3, -0.25) is 14.4 Å². The average Bonchev–Trinajstić information content (AvgIpc) is 3.66. The number of esters is 1. The lowest BCUT2D eigenvalue weighted by atomic mass is 9.70. The highest BCUT2D eigenvalue weighted by atomic mass is 79.9. The Bertz CT molecular complexity index is 1300. The molecule has 2 bridgehead atoms. The molecule has 1 N–H and O–H groups in total. The Balaban J connectivity index is 1.44. The third kappa shape index (κ3) is 4.75. The Morgan fingerprint density at radius 3 is 2.83 bits per heavy atom. The number of alkyl halides is 1. The van der Waals surface area contributed by atoms with Crippen molar-refractivity contribution >= 4 is 44.7 Å². The van der Waals surface area contributed by atoms with Gasteiger partial charge in [-0.2, -0.15) is 0 Å². The monoisotopic (exact) mass is 615 g/mol. The normalized spacial score (nSPS) is 28.6. The van der Waals surface area contributed by atoms with Gasteiger partial charge in [0.1, 0.15) is 23.8 Å². The van der Waals surface area contributed by atoms with Crippen LogP contribution in [0.25, 0.3) is 11.0 Å². The first-order valence-electron chi connectivity index (χ1n) is 13.6. The van der Waals surface area contributed by atoms with Crippen molar-refractivity contribution in [3.63, 3.8) is 0 Å². The van der Waals surface area contributed by atoms with Gasteiger partial charge in [0.2, 0.25) is 11.8 Å². The lowest BCUT2D eigenvalue weighted by Crippen LogP contribution is -2.57. The maximum absolute atomic E-state index is 14.3. The predicted molar refractivity (Wildman–Crippen MR) is 149 cm³/mol. The summed E-state index contributed by atoms with van der Waals surface area (Å²) >= 11 is 3.65. The number of nitrogens with zero attached hydrogens (tertiary/aromatic N) is 5. The van der Waals surface area contributed by atoms with Crippen molar-refractivity contribution in [2.24, 2.45) is 11.8 Å². The number of likely N-dealkylation sites (tertiary alicyclic amines) is 1. The van der Waals surface area contributed by atoms with Crippen LogP contribution in [0, 0.1) is 11.8 Å². The van der Waals surface area contributed by atoms with Crippen LogP contribution in [-0.4, -0.2) is 96.6 Å². The SMILES string of the molecule is C=CCCCCOC(=O)[C@H]1[C@H]2C(=O)N(CCO)C(C(=O)N(CC=C)Cn3nnc4ccccc43)C23CC(Br)[C@@H]1O3. The summed E-state index contributed by atoms with van der Waals surface area (Å²) in [5.41, 5.74) is 0.207. The molecule has 3 saturated heterocycles. The van der Waals surface area contributed by atoms with Crippen LogP contribution >= 0.6 is 15.9 Å². The second kappa shape index (κ2) is 11.8. The fourth-order valence-corrected chi connectivity index (χ4v) is 7.36. The van der Waals surface area contributed by atoms with Crippen LogP contribution in [-0.2, 0) is 30.5 Å². The molecule has 0 aliphatic carbocycles. The van der Waals surface area contributed by atoms with E-state index >= 15 is 0 Å². The summed E-state index contributed by atoms with van der Waals surface area (Å²) in [5, 5.41) is 18.2. The summed E-state index contributed by atoms with van der Waals surface area (Å²) < 4.78 is 13.7. The van der Waals surface area contributed by atoms with Gasteiger partial charge < -0.3 is 24.4 Å². The Kier molecular flexibility index (Phi) is 8.39. The standard InChI is InChI=1S/C28H34BrN5O6/c1-3-5-6-9-15-39-27(38)21-22-25(36)33(13-14-35)24(28(22)16-18(29)23(21)40-28)26(37)32(12-4-2)17-34-20-11-8-7-10-19(20)30-31-34/h3-4,7-8,10-11,18,21-24,35H,1-2,5-6,9,12-17H2/t18?,21-,22-,23-,24?,28?/m0/s1. The van der Waals surface area contributed by atoms with Gasteiger partial charge in [0.25, 0.3) is 0 Å². The van der Waals surface area contributed by atoms with Crippen molar-refractivity contribution in [3.05, 3.63) is 49.6 Å². The Morgan fingerprint density at radius 2 is 2.08 bits per heavy atom. The van der Waals surface area contributed by atoms with E-state index in [9.17, 15) is 19.5 Å². The van der Waals surface area contributed by atoms with E-state index in [1.807, 2.05) is 30.3 Å². The van der Waals surface area contributed by atoms with E-state index in [1.165, 1.54) is 4.90 Å². The molecule has 2 amide bonds. The van der Waals surface area contributed by atoms with Crippen molar-refractivity contribution in [3.8, 4) is 0 Å². The van der Waals surface area contributed by atoms with E-state index < -0.39 is 35.6 Å². The van der Waals surface area contributed by atoms with Crippen LogP contribution < -0.4 is 0 Å². The number of amides is 2. The third-order valence-electron chi connectivity index (χ3n) is 8.07. The smallest absolute Gasteiger partial charge is 0.312 e. The van der Waals surface area contributed by atoms with Crippen LogP contribution in [0.15, 0.2) is 49.6 Å². The van der Waals surface area contributed by atoms with Crippen LogP contribution in [0.1, 0.15) is 25.7 Å². The summed E-state index contributed by atoms with van der Waals surface area (Å²) in [4.78, 5) is 44.2. The quantitative estimate of drug-likeness (QED) is 0.157. The lowest BCUT2D eigenvalue weighted by Gasteiger charge is -2.36. The van der Waals surface area contributed by atoms with E-state index in [1.54, 1.807) is 15.7 Å². The van der Waals surface area contributed by atoms with Crippen molar-refractivity contribution in [1.82, 2.24) is 24.8 Å². The number of rotatable bonds is 13. The van der Waals surface area contributed by atoms with Crippen LogP contribution in [0.5, 0.6) is 0 Å². The number of halogens is 1. The minimum Gasteiger partial charge on any atom is -0.465 e. The minimum atomic E-state index is -1.24. The van der Waals surface area contributed by atoms with Gasteiger partial charge in [-0.1, -0.05) is 45.4 Å². The number of para-hydroxylation sites is 1. The van der Waals surface area contributed by atoms with E-state index in [2.05, 4.69) is 39.4 Å². The Labute approximate surface area is 240 Å². The number of aliphatic hydroxyl groups excluding tert-OH is 1. The van der Waals surface area contributed by atoms with E-state index in [4.69, 9.17) is 9.47 Å². The maximum atomic E-state index is 14.3. The highest BCUT2D eigenvalue weighted by Crippen LogP contribution is 2.60. The zero-order valence-electron chi connectivity index (χ0n) is 22.2. The topological polar surface area (TPSA) is 127 Å². The molecular formula is C28H34BrN5O6. The van der Waals surface area contributed by atoms with Crippen LogP contribution in [0.2, 0.25) is 0 Å². The highest BCUT2D eigenvalue weighted by Gasteiger charge is 2.77. The first-order valence-corrected chi connectivity index (χ1v) is 14.5.